The normalized spacial score (nSPS) is 11.5. The largest absolute Gasteiger partial charge is 0.442 e. The molecule has 0 N–H and O–H groups in total. The van der Waals surface area contributed by atoms with E-state index < -0.39 is 11.7 Å². The molecule has 1 heterocycles. The van der Waals surface area contributed by atoms with E-state index in [0.29, 0.717) is 17.4 Å². The van der Waals surface area contributed by atoms with Crippen LogP contribution >= 0.6 is 11.6 Å². The number of rotatable bonds is 3. The summed E-state index contributed by atoms with van der Waals surface area (Å²) in [5.41, 5.74) is 0.0621. The Bertz CT molecular complexity index is 429. The van der Waals surface area contributed by atoms with Crippen molar-refractivity contribution in [3.8, 4) is 0 Å². The van der Waals surface area contributed by atoms with Crippen LogP contribution in [0.25, 0.3) is 0 Å². The van der Waals surface area contributed by atoms with Crippen molar-refractivity contribution in [3.63, 3.8) is 0 Å². The van der Waals surface area contributed by atoms with Gasteiger partial charge in [0.25, 0.3) is 0 Å². The van der Waals surface area contributed by atoms with Gasteiger partial charge in [-0.15, -0.1) is 0 Å². The summed E-state index contributed by atoms with van der Waals surface area (Å²) in [6, 6.07) is 3.36. The number of hydrazine groups is 1. The molecule has 0 aliphatic heterocycles. The van der Waals surface area contributed by atoms with Gasteiger partial charge in [0.05, 0.1) is 11.9 Å². The van der Waals surface area contributed by atoms with Gasteiger partial charge in [-0.05, 0) is 32.9 Å². The third-order valence-electron chi connectivity index (χ3n) is 2.32. The van der Waals surface area contributed by atoms with Crippen LogP contribution in [0.5, 0.6) is 0 Å². The fourth-order valence-electron chi connectivity index (χ4n) is 1.38. The molecule has 0 unspecified atom stereocenters. The number of anilines is 1. The minimum atomic E-state index is -0.552. The number of nitrogens with zero attached hydrogens (tertiary/aromatic N) is 3. The van der Waals surface area contributed by atoms with Crippen molar-refractivity contribution in [2.24, 2.45) is 0 Å². The van der Waals surface area contributed by atoms with Crippen molar-refractivity contribution in [1.29, 1.82) is 0 Å². The molecule has 5 nitrogen and oxygen atoms in total. The first-order chi connectivity index (χ1) is 8.74. The fourth-order valence-corrected chi connectivity index (χ4v) is 1.49. The Hall–Kier alpha value is -1.33. The first-order valence-electron chi connectivity index (χ1n) is 6.10. The summed E-state index contributed by atoms with van der Waals surface area (Å²) < 4.78 is 5.39. The quantitative estimate of drug-likeness (QED) is 0.631. The minimum Gasteiger partial charge on any atom is -0.442 e. The van der Waals surface area contributed by atoms with E-state index in [0.717, 1.165) is 0 Å². The van der Waals surface area contributed by atoms with Gasteiger partial charge in [0.1, 0.15) is 10.8 Å². The average Bonchev–Trinajstić information content (AvgIpc) is 2.29. The van der Waals surface area contributed by atoms with Crippen molar-refractivity contribution in [2.75, 3.05) is 18.6 Å². The van der Waals surface area contributed by atoms with Gasteiger partial charge in [0.2, 0.25) is 0 Å². The highest BCUT2D eigenvalue weighted by Gasteiger charge is 2.26. The molecule has 0 spiro atoms. The maximum absolute atomic E-state index is 12.2. The Kier molecular flexibility index (Phi) is 5.14. The summed E-state index contributed by atoms with van der Waals surface area (Å²) in [4.78, 5) is 16.2. The molecule has 6 heteroatoms. The lowest BCUT2D eigenvalue weighted by Gasteiger charge is -2.32. The van der Waals surface area contributed by atoms with E-state index in [9.17, 15) is 4.79 Å². The number of aromatic nitrogens is 1. The van der Waals surface area contributed by atoms with Crippen LogP contribution < -0.4 is 5.01 Å². The number of amides is 1. The fraction of sp³-hybridized carbons (Fsp3) is 0.538. The lowest BCUT2D eigenvalue weighted by Crippen LogP contribution is -2.46. The van der Waals surface area contributed by atoms with Crippen molar-refractivity contribution in [2.45, 2.75) is 33.3 Å². The summed E-state index contributed by atoms with van der Waals surface area (Å²) in [5.74, 6) is 0. The number of ether oxygens (including phenoxy) is 1. The van der Waals surface area contributed by atoms with E-state index in [1.54, 1.807) is 30.4 Å². The molecule has 0 bridgehead atoms. The van der Waals surface area contributed by atoms with E-state index in [2.05, 4.69) is 4.98 Å². The lowest BCUT2D eigenvalue weighted by atomic mass is 10.2. The molecule has 1 aromatic rings. The number of carbonyl (C=O) groups excluding carboxylic acids is 1. The number of hydrogen-bond donors (Lipinski definition) is 0. The Morgan fingerprint density at radius 2 is 2.05 bits per heavy atom. The topological polar surface area (TPSA) is 45.7 Å². The molecular weight excluding hydrogens is 266 g/mol. The molecule has 0 fully saturated rings. The SMILES string of the molecule is CCN(C)N(C(=O)OC(C)(C)C)c1ccc(Cl)nc1. The molecule has 1 rings (SSSR count). The molecule has 0 saturated carbocycles. The van der Waals surface area contributed by atoms with Crippen molar-refractivity contribution < 1.29 is 9.53 Å². The molecule has 1 aromatic heterocycles. The van der Waals surface area contributed by atoms with Crippen LogP contribution in [0.1, 0.15) is 27.7 Å². The van der Waals surface area contributed by atoms with Crippen molar-refractivity contribution in [3.05, 3.63) is 23.5 Å². The summed E-state index contributed by atoms with van der Waals surface area (Å²) in [7, 11) is 1.80. The Morgan fingerprint density at radius 3 is 2.47 bits per heavy atom. The number of hydrogen-bond acceptors (Lipinski definition) is 4. The standard InChI is InChI=1S/C13H20ClN3O2/c1-6-16(5)17(12(18)19-13(2,3)4)10-7-8-11(14)15-9-10/h7-9H,6H2,1-5H3. The predicted octanol–water partition coefficient (Wildman–Crippen LogP) is 3.34. The highest BCUT2D eigenvalue weighted by atomic mass is 35.5. The predicted molar refractivity (Wildman–Crippen MR) is 76.3 cm³/mol. The summed E-state index contributed by atoms with van der Waals surface area (Å²) in [6.07, 6.45) is 1.10. The van der Waals surface area contributed by atoms with Gasteiger partial charge >= 0.3 is 6.09 Å². The van der Waals surface area contributed by atoms with E-state index >= 15 is 0 Å². The minimum absolute atomic E-state index is 0.382. The molecule has 19 heavy (non-hydrogen) atoms. The molecule has 0 radical (unpaired) electrons. The molecule has 0 saturated heterocycles. The summed E-state index contributed by atoms with van der Waals surface area (Å²) in [5, 5.41) is 3.57. The summed E-state index contributed by atoms with van der Waals surface area (Å²) in [6.45, 7) is 8.09. The van der Waals surface area contributed by atoms with E-state index in [-0.39, 0.29) is 0 Å². The van der Waals surface area contributed by atoms with E-state index in [1.165, 1.54) is 5.01 Å². The zero-order valence-corrected chi connectivity index (χ0v) is 12.7. The van der Waals surface area contributed by atoms with Crippen LogP contribution in [0.15, 0.2) is 18.3 Å². The number of pyridine rings is 1. The van der Waals surface area contributed by atoms with E-state index in [4.69, 9.17) is 16.3 Å². The number of halogens is 1. The smallest absolute Gasteiger partial charge is 0.429 e. The monoisotopic (exact) mass is 285 g/mol. The zero-order chi connectivity index (χ0) is 14.6. The molecular formula is C13H20ClN3O2. The Morgan fingerprint density at radius 1 is 1.42 bits per heavy atom. The third kappa shape index (κ3) is 4.69. The van der Waals surface area contributed by atoms with Crippen LogP contribution in [0.4, 0.5) is 10.5 Å². The second-order valence-corrected chi connectivity index (χ2v) is 5.49. The van der Waals surface area contributed by atoms with Gasteiger partial charge in [0.15, 0.2) is 0 Å². The maximum Gasteiger partial charge on any atom is 0.429 e. The molecule has 0 aliphatic rings. The number of carbonyl (C=O) groups is 1. The molecule has 1 amide bonds. The molecule has 0 atom stereocenters. The first-order valence-corrected chi connectivity index (χ1v) is 6.48. The first kappa shape index (κ1) is 15.7. The van der Waals surface area contributed by atoms with Crippen molar-refractivity contribution >= 4 is 23.4 Å². The molecule has 0 aromatic carbocycles. The molecule has 0 aliphatic carbocycles. The second kappa shape index (κ2) is 6.21. The van der Waals surface area contributed by atoms with Gasteiger partial charge in [-0.25, -0.2) is 19.8 Å². The highest BCUT2D eigenvalue weighted by Crippen LogP contribution is 2.20. The van der Waals surface area contributed by atoms with E-state index in [1.807, 2.05) is 27.7 Å². The van der Waals surface area contributed by atoms with Crippen LogP contribution in [0.2, 0.25) is 5.15 Å². The van der Waals surface area contributed by atoms with Crippen LogP contribution in [-0.4, -0.2) is 35.3 Å². The lowest BCUT2D eigenvalue weighted by molar-refractivity contribution is 0.0487. The van der Waals surface area contributed by atoms with Crippen LogP contribution in [0, 0.1) is 0 Å². The van der Waals surface area contributed by atoms with Gasteiger partial charge in [-0.3, -0.25) is 0 Å². The Balaban J connectivity index is 3.01. The average molecular weight is 286 g/mol. The second-order valence-electron chi connectivity index (χ2n) is 5.11. The molecule has 106 valence electrons. The van der Waals surface area contributed by atoms with Gasteiger partial charge in [-0.1, -0.05) is 18.5 Å². The van der Waals surface area contributed by atoms with Crippen molar-refractivity contribution in [1.82, 2.24) is 9.99 Å². The highest BCUT2D eigenvalue weighted by molar-refractivity contribution is 6.29. The Labute approximate surface area is 119 Å². The zero-order valence-electron chi connectivity index (χ0n) is 12.0. The summed E-state index contributed by atoms with van der Waals surface area (Å²) >= 11 is 5.76. The van der Waals surface area contributed by atoms with Gasteiger partial charge in [-0.2, -0.15) is 0 Å². The third-order valence-corrected chi connectivity index (χ3v) is 2.55. The van der Waals surface area contributed by atoms with Gasteiger partial charge in [0, 0.05) is 13.6 Å². The maximum atomic E-state index is 12.2. The van der Waals surface area contributed by atoms with Gasteiger partial charge < -0.3 is 4.74 Å². The van der Waals surface area contributed by atoms with Crippen LogP contribution in [0.3, 0.4) is 0 Å². The van der Waals surface area contributed by atoms with Crippen LogP contribution in [-0.2, 0) is 4.74 Å².